The first kappa shape index (κ1) is 13.8. The highest BCUT2D eigenvalue weighted by Crippen LogP contribution is 2.29. The summed E-state index contributed by atoms with van der Waals surface area (Å²) in [6.45, 7) is 1.67. The van der Waals surface area contributed by atoms with Gasteiger partial charge in [-0.15, -0.1) is 5.06 Å². The van der Waals surface area contributed by atoms with Gasteiger partial charge in [-0.25, -0.2) is 4.79 Å². The first-order chi connectivity index (χ1) is 8.97. The lowest BCUT2D eigenvalue weighted by molar-refractivity contribution is -0.150. The molecule has 1 saturated heterocycles. The van der Waals surface area contributed by atoms with Crippen molar-refractivity contribution in [2.45, 2.75) is 6.18 Å². The van der Waals surface area contributed by atoms with Gasteiger partial charge in [-0.2, -0.15) is 13.2 Å². The molecule has 0 N–H and O–H groups in total. The zero-order valence-electron chi connectivity index (χ0n) is 9.94. The summed E-state index contributed by atoms with van der Waals surface area (Å²) in [4.78, 5) is 16.7. The zero-order chi connectivity index (χ0) is 13.9. The largest absolute Gasteiger partial charge is 0.416 e. The van der Waals surface area contributed by atoms with Gasteiger partial charge in [-0.05, 0) is 18.2 Å². The van der Waals surface area contributed by atoms with Gasteiger partial charge in [0.05, 0.1) is 37.4 Å². The molecule has 1 aliphatic heterocycles. The van der Waals surface area contributed by atoms with Crippen LogP contribution in [0.1, 0.15) is 15.9 Å². The van der Waals surface area contributed by atoms with Crippen LogP contribution in [0.4, 0.5) is 13.2 Å². The Balaban J connectivity index is 2.06. The number of halogens is 3. The topological polar surface area (TPSA) is 38.8 Å². The summed E-state index contributed by atoms with van der Waals surface area (Å²) in [6.07, 6.45) is -4.48. The summed E-state index contributed by atoms with van der Waals surface area (Å²) in [5, 5.41) is 1.38. The molecule has 0 unspecified atom stereocenters. The summed E-state index contributed by atoms with van der Waals surface area (Å²) in [5.74, 6) is -0.798. The fourth-order valence-corrected chi connectivity index (χ4v) is 1.63. The molecule has 1 aromatic carbocycles. The van der Waals surface area contributed by atoms with Crippen LogP contribution in [0.15, 0.2) is 24.3 Å². The molecule has 1 fully saturated rings. The zero-order valence-corrected chi connectivity index (χ0v) is 9.94. The second-order valence-corrected chi connectivity index (χ2v) is 4.00. The van der Waals surface area contributed by atoms with Crippen LogP contribution in [0.3, 0.4) is 0 Å². The lowest BCUT2D eigenvalue weighted by Gasteiger charge is -2.25. The number of hydrogen-bond acceptors (Lipinski definition) is 4. The van der Waals surface area contributed by atoms with E-state index in [2.05, 4.69) is 0 Å². The van der Waals surface area contributed by atoms with Crippen molar-refractivity contribution in [3.63, 3.8) is 0 Å². The van der Waals surface area contributed by atoms with Gasteiger partial charge in [0.1, 0.15) is 0 Å². The van der Waals surface area contributed by atoms with Crippen LogP contribution in [0.5, 0.6) is 0 Å². The minimum atomic E-state index is -4.48. The molecule has 1 aliphatic rings. The average Bonchev–Trinajstić information content (AvgIpc) is 2.39. The Hall–Kier alpha value is -1.60. The number of rotatable bonds is 2. The standard InChI is InChI=1S/C12H12F3NO3/c13-12(14,15)10-3-1-2-9(8-10)11(17)19-16-4-6-18-7-5-16/h1-3,8H,4-7H2. The van der Waals surface area contributed by atoms with Crippen LogP contribution < -0.4 is 0 Å². The van der Waals surface area contributed by atoms with Gasteiger partial charge in [0.25, 0.3) is 0 Å². The van der Waals surface area contributed by atoms with Gasteiger partial charge in [0.15, 0.2) is 0 Å². The number of ether oxygens (including phenoxy) is 1. The quantitative estimate of drug-likeness (QED) is 0.828. The van der Waals surface area contributed by atoms with Crippen molar-refractivity contribution >= 4 is 5.97 Å². The monoisotopic (exact) mass is 275 g/mol. The number of hydroxylamine groups is 2. The van der Waals surface area contributed by atoms with Crippen molar-refractivity contribution in [3.05, 3.63) is 35.4 Å². The molecule has 7 heteroatoms. The molecule has 0 saturated carbocycles. The fraction of sp³-hybridized carbons (Fsp3) is 0.417. The minimum absolute atomic E-state index is 0.124. The Morgan fingerprint density at radius 2 is 1.95 bits per heavy atom. The molecule has 2 rings (SSSR count). The predicted octanol–water partition coefficient (Wildman–Crippen LogP) is 2.11. The van der Waals surface area contributed by atoms with Crippen molar-refractivity contribution in [3.8, 4) is 0 Å². The molecule has 0 atom stereocenters. The van der Waals surface area contributed by atoms with Crippen LogP contribution in [-0.4, -0.2) is 37.3 Å². The molecule has 0 radical (unpaired) electrons. The first-order valence-electron chi connectivity index (χ1n) is 5.69. The molecule has 19 heavy (non-hydrogen) atoms. The van der Waals surface area contributed by atoms with E-state index in [1.54, 1.807) is 0 Å². The van der Waals surface area contributed by atoms with Crippen LogP contribution >= 0.6 is 0 Å². The van der Waals surface area contributed by atoms with Crippen molar-refractivity contribution in [2.75, 3.05) is 26.3 Å². The Labute approximate surface area is 107 Å². The third-order valence-corrected chi connectivity index (χ3v) is 2.61. The predicted molar refractivity (Wildman–Crippen MR) is 59.3 cm³/mol. The summed E-state index contributed by atoms with van der Waals surface area (Å²) >= 11 is 0. The molecular formula is C12H12F3NO3. The van der Waals surface area contributed by atoms with Gasteiger partial charge in [0.2, 0.25) is 0 Å². The molecular weight excluding hydrogens is 263 g/mol. The number of alkyl halides is 3. The van der Waals surface area contributed by atoms with E-state index in [0.717, 1.165) is 12.1 Å². The van der Waals surface area contributed by atoms with Crippen molar-refractivity contribution in [2.24, 2.45) is 0 Å². The van der Waals surface area contributed by atoms with E-state index in [1.165, 1.54) is 17.2 Å². The van der Waals surface area contributed by atoms with Crippen LogP contribution in [0.2, 0.25) is 0 Å². The maximum absolute atomic E-state index is 12.5. The Kier molecular flexibility index (Phi) is 4.06. The fourth-order valence-electron chi connectivity index (χ4n) is 1.63. The lowest BCUT2D eigenvalue weighted by atomic mass is 10.1. The van der Waals surface area contributed by atoms with E-state index in [0.29, 0.717) is 26.3 Å². The highest BCUT2D eigenvalue weighted by Gasteiger charge is 2.31. The van der Waals surface area contributed by atoms with E-state index in [9.17, 15) is 18.0 Å². The maximum Gasteiger partial charge on any atom is 0.416 e. The SMILES string of the molecule is O=C(ON1CCOCC1)c1cccc(C(F)(F)F)c1. The maximum atomic E-state index is 12.5. The Morgan fingerprint density at radius 3 is 2.58 bits per heavy atom. The molecule has 1 aromatic rings. The van der Waals surface area contributed by atoms with Gasteiger partial charge < -0.3 is 9.57 Å². The molecule has 1 heterocycles. The third-order valence-electron chi connectivity index (χ3n) is 2.61. The van der Waals surface area contributed by atoms with Gasteiger partial charge in [-0.1, -0.05) is 6.07 Å². The molecule has 4 nitrogen and oxygen atoms in total. The van der Waals surface area contributed by atoms with Crippen LogP contribution in [0, 0.1) is 0 Å². The summed E-state index contributed by atoms with van der Waals surface area (Å²) < 4.78 is 42.6. The molecule has 0 bridgehead atoms. The number of carbonyl (C=O) groups is 1. The molecule has 0 aromatic heterocycles. The summed E-state index contributed by atoms with van der Waals surface area (Å²) in [5.41, 5.74) is -0.995. The number of hydrogen-bond donors (Lipinski definition) is 0. The Morgan fingerprint density at radius 1 is 1.26 bits per heavy atom. The van der Waals surface area contributed by atoms with Gasteiger partial charge in [0, 0.05) is 0 Å². The van der Waals surface area contributed by atoms with Crippen LogP contribution in [0.25, 0.3) is 0 Å². The number of morpholine rings is 1. The van der Waals surface area contributed by atoms with E-state index in [-0.39, 0.29) is 5.56 Å². The molecule has 104 valence electrons. The third kappa shape index (κ3) is 3.68. The van der Waals surface area contributed by atoms with Crippen LogP contribution in [-0.2, 0) is 15.8 Å². The van der Waals surface area contributed by atoms with Crippen molar-refractivity contribution in [1.29, 1.82) is 0 Å². The molecule has 0 amide bonds. The highest BCUT2D eigenvalue weighted by molar-refractivity contribution is 5.89. The molecule has 0 aliphatic carbocycles. The highest BCUT2D eigenvalue weighted by atomic mass is 19.4. The first-order valence-corrected chi connectivity index (χ1v) is 5.69. The van der Waals surface area contributed by atoms with E-state index in [4.69, 9.17) is 9.57 Å². The minimum Gasteiger partial charge on any atom is -0.379 e. The number of nitrogens with zero attached hydrogens (tertiary/aromatic N) is 1. The normalized spacial score (nSPS) is 17.2. The van der Waals surface area contributed by atoms with E-state index >= 15 is 0 Å². The van der Waals surface area contributed by atoms with Gasteiger partial charge >= 0.3 is 12.1 Å². The van der Waals surface area contributed by atoms with E-state index in [1.807, 2.05) is 0 Å². The smallest absolute Gasteiger partial charge is 0.379 e. The Bertz CT molecular complexity index is 456. The van der Waals surface area contributed by atoms with Gasteiger partial charge in [-0.3, -0.25) is 0 Å². The number of carbonyl (C=O) groups excluding carboxylic acids is 1. The molecule has 0 spiro atoms. The number of benzene rings is 1. The van der Waals surface area contributed by atoms with E-state index < -0.39 is 17.7 Å². The summed E-state index contributed by atoms with van der Waals surface area (Å²) in [7, 11) is 0. The second-order valence-electron chi connectivity index (χ2n) is 4.00. The second kappa shape index (κ2) is 5.58. The summed E-state index contributed by atoms with van der Waals surface area (Å²) in [6, 6.07) is 4.16. The average molecular weight is 275 g/mol. The lowest BCUT2D eigenvalue weighted by Crippen LogP contribution is -2.37. The van der Waals surface area contributed by atoms with Crippen molar-refractivity contribution in [1.82, 2.24) is 5.06 Å². The van der Waals surface area contributed by atoms with Crippen molar-refractivity contribution < 1.29 is 27.5 Å².